The molecule has 0 N–H and O–H groups in total. The minimum absolute atomic E-state index is 0.0457. The van der Waals surface area contributed by atoms with E-state index in [-0.39, 0.29) is 17.4 Å². The third kappa shape index (κ3) is 4.65. The molecule has 2 aromatic rings. The molecule has 0 atom stereocenters. The third-order valence-corrected chi connectivity index (χ3v) is 3.92. The van der Waals surface area contributed by atoms with Gasteiger partial charge in [-0.05, 0) is 30.0 Å². The molecule has 7 heteroatoms. The first kappa shape index (κ1) is 18.6. The van der Waals surface area contributed by atoms with Crippen LogP contribution in [0.4, 0.5) is 11.5 Å². The molecule has 0 saturated carbocycles. The van der Waals surface area contributed by atoms with Gasteiger partial charge in [0.2, 0.25) is 5.82 Å². The first-order chi connectivity index (χ1) is 11.9. The molecule has 0 amide bonds. The second-order valence-corrected chi connectivity index (χ2v) is 6.21. The summed E-state index contributed by atoms with van der Waals surface area (Å²) in [4.78, 5) is 20.9. The minimum Gasteiger partial charge on any atom is -0.434 e. The van der Waals surface area contributed by atoms with Crippen molar-refractivity contribution in [3.05, 3.63) is 46.3 Å². The molecule has 0 spiro atoms. The van der Waals surface area contributed by atoms with Crippen LogP contribution < -0.4 is 9.64 Å². The van der Waals surface area contributed by atoms with Crippen LogP contribution >= 0.6 is 0 Å². The fourth-order valence-corrected chi connectivity index (χ4v) is 2.40. The third-order valence-electron chi connectivity index (χ3n) is 3.92. The zero-order valence-electron chi connectivity index (χ0n) is 15.1. The van der Waals surface area contributed by atoms with Crippen LogP contribution in [-0.4, -0.2) is 28.5 Å². The second-order valence-electron chi connectivity index (χ2n) is 6.21. The number of unbranched alkanes of at least 4 members (excludes halogenated alkanes) is 1. The van der Waals surface area contributed by atoms with E-state index in [1.807, 2.05) is 12.1 Å². The highest BCUT2D eigenvalue weighted by Crippen LogP contribution is 2.35. The number of hydrogen-bond acceptors (Lipinski definition) is 6. The minimum atomic E-state index is -0.490. The molecule has 1 heterocycles. The standard InChI is InChI=1S/C18H24N4O3/c1-5-6-11-21(4)17-16(22(23)24)18(20-12-19-17)25-15-9-7-14(8-10-15)13(2)3/h7-10,12-13H,5-6,11H2,1-4H3. The van der Waals surface area contributed by atoms with Crippen LogP contribution in [0.25, 0.3) is 0 Å². The Hall–Kier alpha value is -2.70. The van der Waals surface area contributed by atoms with E-state index < -0.39 is 4.92 Å². The fourth-order valence-electron chi connectivity index (χ4n) is 2.40. The van der Waals surface area contributed by atoms with Gasteiger partial charge in [-0.2, -0.15) is 4.98 Å². The fraction of sp³-hybridized carbons (Fsp3) is 0.444. The zero-order valence-corrected chi connectivity index (χ0v) is 15.1. The Morgan fingerprint density at radius 3 is 2.48 bits per heavy atom. The summed E-state index contributed by atoms with van der Waals surface area (Å²) in [6.45, 7) is 6.95. The molecule has 0 aliphatic carbocycles. The predicted molar refractivity (Wildman–Crippen MR) is 97.5 cm³/mol. The van der Waals surface area contributed by atoms with Crippen molar-refractivity contribution in [3.8, 4) is 11.6 Å². The van der Waals surface area contributed by atoms with E-state index in [4.69, 9.17) is 4.74 Å². The average Bonchev–Trinajstić information content (AvgIpc) is 2.59. The van der Waals surface area contributed by atoms with Crippen molar-refractivity contribution in [3.63, 3.8) is 0 Å². The van der Waals surface area contributed by atoms with Crippen molar-refractivity contribution in [2.75, 3.05) is 18.5 Å². The van der Waals surface area contributed by atoms with E-state index >= 15 is 0 Å². The van der Waals surface area contributed by atoms with Gasteiger partial charge in [0.05, 0.1) is 4.92 Å². The highest BCUT2D eigenvalue weighted by Gasteiger charge is 2.27. The highest BCUT2D eigenvalue weighted by molar-refractivity contribution is 5.63. The van der Waals surface area contributed by atoms with Crippen molar-refractivity contribution in [1.29, 1.82) is 0 Å². The molecular formula is C18H24N4O3. The molecule has 7 nitrogen and oxygen atoms in total. The summed E-state index contributed by atoms with van der Waals surface area (Å²) in [5.74, 6) is 1.13. The first-order valence-electron chi connectivity index (χ1n) is 8.42. The number of aromatic nitrogens is 2. The zero-order chi connectivity index (χ0) is 18.4. The Balaban J connectivity index is 2.32. The summed E-state index contributed by atoms with van der Waals surface area (Å²) in [7, 11) is 1.78. The van der Waals surface area contributed by atoms with Crippen molar-refractivity contribution >= 4 is 11.5 Å². The van der Waals surface area contributed by atoms with Crippen LogP contribution in [0.3, 0.4) is 0 Å². The normalized spacial score (nSPS) is 10.8. The maximum absolute atomic E-state index is 11.6. The van der Waals surface area contributed by atoms with Gasteiger partial charge in [-0.25, -0.2) is 4.98 Å². The van der Waals surface area contributed by atoms with Crippen LogP contribution in [0.15, 0.2) is 30.6 Å². The number of anilines is 1. The number of ether oxygens (including phenoxy) is 1. The van der Waals surface area contributed by atoms with E-state index in [0.29, 0.717) is 18.2 Å². The van der Waals surface area contributed by atoms with Crippen LogP contribution in [0.1, 0.15) is 45.1 Å². The quantitative estimate of drug-likeness (QED) is 0.516. The Morgan fingerprint density at radius 1 is 1.24 bits per heavy atom. The molecule has 25 heavy (non-hydrogen) atoms. The Kier molecular flexibility index (Phi) is 6.27. The van der Waals surface area contributed by atoms with Crippen molar-refractivity contribution in [2.45, 2.75) is 39.5 Å². The number of nitro groups is 1. The molecule has 2 rings (SSSR count). The van der Waals surface area contributed by atoms with Crippen LogP contribution in [0, 0.1) is 10.1 Å². The lowest BCUT2D eigenvalue weighted by molar-refractivity contribution is -0.385. The summed E-state index contributed by atoms with van der Waals surface area (Å²) >= 11 is 0. The van der Waals surface area contributed by atoms with Gasteiger partial charge < -0.3 is 9.64 Å². The van der Waals surface area contributed by atoms with Crippen LogP contribution in [0.2, 0.25) is 0 Å². The summed E-state index contributed by atoms with van der Waals surface area (Å²) < 4.78 is 5.68. The number of nitrogens with zero attached hydrogens (tertiary/aromatic N) is 4. The van der Waals surface area contributed by atoms with Gasteiger partial charge in [0.25, 0.3) is 0 Å². The van der Waals surface area contributed by atoms with Gasteiger partial charge in [0.1, 0.15) is 12.1 Å². The summed E-state index contributed by atoms with van der Waals surface area (Å²) in [5.41, 5.74) is 0.957. The topological polar surface area (TPSA) is 81.4 Å². The van der Waals surface area contributed by atoms with Gasteiger partial charge in [0.15, 0.2) is 0 Å². The molecule has 0 saturated heterocycles. The van der Waals surface area contributed by atoms with Gasteiger partial charge in [-0.1, -0.05) is 39.3 Å². The van der Waals surface area contributed by atoms with Crippen molar-refractivity contribution in [1.82, 2.24) is 9.97 Å². The number of benzene rings is 1. The van der Waals surface area contributed by atoms with Gasteiger partial charge >= 0.3 is 11.6 Å². The molecule has 0 radical (unpaired) electrons. The van der Waals surface area contributed by atoms with Gasteiger partial charge in [0, 0.05) is 13.6 Å². The molecule has 134 valence electrons. The van der Waals surface area contributed by atoms with E-state index in [9.17, 15) is 10.1 Å². The molecule has 0 bridgehead atoms. The summed E-state index contributed by atoms with van der Waals surface area (Å²) in [6, 6.07) is 7.48. The van der Waals surface area contributed by atoms with E-state index in [1.165, 1.54) is 11.9 Å². The summed E-state index contributed by atoms with van der Waals surface area (Å²) in [6.07, 6.45) is 3.21. The van der Waals surface area contributed by atoms with E-state index in [1.54, 1.807) is 24.1 Å². The number of rotatable bonds is 8. The molecule has 0 aliphatic rings. The molecule has 0 fully saturated rings. The van der Waals surface area contributed by atoms with E-state index in [2.05, 4.69) is 30.7 Å². The van der Waals surface area contributed by atoms with Crippen molar-refractivity contribution < 1.29 is 9.66 Å². The summed E-state index contributed by atoms with van der Waals surface area (Å²) in [5, 5.41) is 11.6. The SMILES string of the molecule is CCCCN(C)c1ncnc(Oc2ccc(C(C)C)cc2)c1[N+](=O)[O-]. The Bertz CT molecular complexity index is 717. The van der Waals surface area contributed by atoms with Gasteiger partial charge in [-0.15, -0.1) is 0 Å². The highest BCUT2D eigenvalue weighted by atomic mass is 16.6. The Morgan fingerprint density at radius 2 is 1.92 bits per heavy atom. The average molecular weight is 344 g/mol. The maximum atomic E-state index is 11.6. The Labute approximate surface area is 147 Å². The molecular weight excluding hydrogens is 320 g/mol. The lowest BCUT2D eigenvalue weighted by atomic mass is 10.0. The second kappa shape index (κ2) is 8.41. The lowest BCUT2D eigenvalue weighted by Crippen LogP contribution is -2.21. The smallest absolute Gasteiger partial charge is 0.373 e. The lowest BCUT2D eigenvalue weighted by Gasteiger charge is -2.18. The van der Waals surface area contributed by atoms with Crippen LogP contribution in [0.5, 0.6) is 11.6 Å². The van der Waals surface area contributed by atoms with Crippen LogP contribution in [-0.2, 0) is 0 Å². The molecule has 1 aromatic heterocycles. The largest absolute Gasteiger partial charge is 0.434 e. The first-order valence-corrected chi connectivity index (χ1v) is 8.42. The predicted octanol–water partition coefficient (Wildman–Crippen LogP) is 4.54. The maximum Gasteiger partial charge on any atom is 0.373 e. The molecule has 0 aliphatic heterocycles. The molecule has 1 aromatic carbocycles. The van der Waals surface area contributed by atoms with E-state index in [0.717, 1.165) is 12.8 Å². The van der Waals surface area contributed by atoms with Crippen molar-refractivity contribution in [2.24, 2.45) is 0 Å². The number of hydrogen-bond donors (Lipinski definition) is 0. The van der Waals surface area contributed by atoms with Gasteiger partial charge in [-0.3, -0.25) is 10.1 Å². The molecule has 0 unspecified atom stereocenters. The monoisotopic (exact) mass is 344 g/mol.